The molecule has 0 unspecified atom stereocenters. The number of nitrogen functional groups attached to an aromatic ring is 1. The van der Waals surface area contributed by atoms with Gasteiger partial charge in [-0.2, -0.15) is 0 Å². The summed E-state index contributed by atoms with van der Waals surface area (Å²) in [6, 6.07) is 7.44. The summed E-state index contributed by atoms with van der Waals surface area (Å²) in [6.45, 7) is 2.31. The molecule has 5 N–H and O–H groups in total. The largest absolute Gasteiger partial charge is 0.397 e. The van der Waals surface area contributed by atoms with Gasteiger partial charge in [0.15, 0.2) is 5.16 Å². The topological polar surface area (TPSA) is 127 Å². The first-order valence-corrected chi connectivity index (χ1v) is 11.6. The minimum atomic E-state index is -0.588. The molecule has 1 aromatic carbocycles. The van der Waals surface area contributed by atoms with Gasteiger partial charge in [-0.25, -0.2) is 9.97 Å². The van der Waals surface area contributed by atoms with Gasteiger partial charge in [0, 0.05) is 11.3 Å². The van der Waals surface area contributed by atoms with Crippen molar-refractivity contribution in [2.45, 2.75) is 18.0 Å². The van der Waals surface area contributed by atoms with Crippen LogP contribution in [-0.2, 0) is 4.79 Å². The van der Waals surface area contributed by atoms with Crippen LogP contribution in [0.2, 0.25) is 0 Å². The van der Waals surface area contributed by atoms with Crippen LogP contribution in [0.15, 0.2) is 29.4 Å². The fourth-order valence-electron chi connectivity index (χ4n) is 3.57. The van der Waals surface area contributed by atoms with Crippen molar-refractivity contribution in [1.29, 1.82) is 0 Å². The first-order valence-electron chi connectivity index (χ1n) is 9.52. The molecule has 30 heavy (non-hydrogen) atoms. The molecule has 0 saturated carbocycles. The van der Waals surface area contributed by atoms with Crippen LogP contribution in [-0.4, -0.2) is 52.6 Å². The highest BCUT2D eigenvalue weighted by atomic mass is 32.2. The summed E-state index contributed by atoms with van der Waals surface area (Å²) in [4.78, 5) is 36.3. The van der Waals surface area contributed by atoms with Gasteiger partial charge in [0.1, 0.15) is 9.71 Å². The number of benzene rings is 1. The molecule has 3 aromatic rings. The Morgan fingerprint density at radius 2 is 2.03 bits per heavy atom. The normalized spacial score (nSPS) is 14.3. The molecule has 1 aliphatic rings. The van der Waals surface area contributed by atoms with Gasteiger partial charge in [0.25, 0.3) is 5.91 Å². The third-order valence-electron chi connectivity index (χ3n) is 4.96. The number of nitrogens with one attached hydrogen (secondary N) is 1. The molecule has 2 aromatic heterocycles. The van der Waals surface area contributed by atoms with E-state index in [4.69, 9.17) is 11.5 Å². The second-order valence-corrected chi connectivity index (χ2v) is 8.83. The van der Waals surface area contributed by atoms with E-state index in [0.717, 1.165) is 42.8 Å². The first kappa shape index (κ1) is 20.6. The van der Waals surface area contributed by atoms with Gasteiger partial charge >= 0.3 is 0 Å². The minimum absolute atomic E-state index is 0.0438. The van der Waals surface area contributed by atoms with E-state index in [-0.39, 0.29) is 16.5 Å². The standard InChI is InChI=1S/C20H22N6O2S2/c1-29-20-24-16(14-15(21)17(18(22)28)30-19(14)25-20)11-5-4-6-12(9-11)23-13(27)10-26-7-2-3-8-26/h4-6,9H,2-3,7-8,10,21H2,1H3,(H2,22,28)(H,23,27). The Morgan fingerprint density at radius 3 is 2.73 bits per heavy atom. The summed E-state index contributed by atoms with van der Waals surface area (Å²) in [6.07, 6.45) is 4.16. The lowest BCUT2D eigenvalue weighted by molar-refractivity contribution is -0.117. The lowest BCUT2D eigenvalue weighted by atomic mass is 10.1. The van der Waals surface area contributed by atoms with E-state index >= 15 is 0 Å². The van der Waals surface area contributed by atoms with Gasteiger partial charge in [-0.1, -0.05) is 23.9 Å². The molecule has 1 saturated heterocycles. The smallest absolute Gasteiger partial charge is 0.260 e. The van der Waals surface area contributed by atoms with Crippen molar-refractivity contribution in [2.24, 2.45) is 5.73 Å². The van der Waals surface area contributed by atoms with E-state index in [1.54, 1.807) is 0 Å². The third kappa shape index (κ3) is 4.11. The Bertz CT molecular complexity index is 1120. The zero-order valence-corrected chi connectivity index (χ0v) is 18.1. The van der Waals surface area contributed by atoms with Crippen LogP contribution >= 0.6 is 23.1 Å². The lowest BCUT2D eigenvalue weighted by Crippen LogP contribution is -2.30. The number of fused-ring (bicyclic) bond motifs is 1. The molecule has 4 rings (SSSR count). The average Bonchev–Trinajstić information content (AvgIpc) is 3.35. The second kappa shape index (κ2) is 8.58. The van der Waals surface area contributed by atoms with Crippen LogP contribution in [0.1, 0.15) is 22.5 Å². The van der Waals surface area contributed by atoms with Gasteiger partial charge in [-0.05, 0) is 44.3 Å². The minimum Gasteiger partial charge on any atom is -0.397 e. The number of primary amides is 1. The molecular formula is C20H22N6O2S2. The fraction of sp³-hybridized carbons (Fsp3) is 0.300. The van der Waals surface area contributed by atoms with Crippen LogP contribution in [0.3, 0.4) is 0 Å². The van der Waals surface area contributed by atoms with E-state index in [1.807, 2.05) is 30.5 Å². The number of carbonyl (C=O) groups excluding carboxylic acids is 2. The maximum atomic E-state index is 12.4. The molecule has 8 nitrogen and oxygen atoms in total. The van der Waals surface area contributed by atoms with E-state index in [9.17, 15) is 9.59 Å². The second-order valence-electron chi connectivity index (χ2n) is 7.06. The Hall–Kier alpha value is -2.69. The molecule has 0 aliphatic carbocycles. The number of hydrogen-bond acceptors (Lipinski definition) is 8. The molecule has 0 atom stereocenters. The Kier molecular flexibility index (Phi) is 5.89. The number of thioether (sulfide) groups is 1. The van der Waals surface area contributed by atoms with Crippen molar-refractivity contribution in [3.63, 3.8) is 0 Å². The summed E-state index contributed by atoms with van der Waals surface area (Å²) in [5, 5.41) is 4.13. The number of anilines is 2. The molecule has 1 fully saturated rings. The first-order chi connectivity index (χ1) is 14.5. The molecule has 0 radical (unpaired) electrons. The molecule has 156 valence electrons. The zero-order valence-electron chi connectivity index (χ0n) is 16.5. The van der Waals surface area contributed by atoms with Gasteiger partial charge < -0.3 is 16.8 Å². The van der Waals surface area contributed by atoms with Crippen LogP contribution in [0, 0.1) is 0 Å². The molecule has 1 aliphatic heterocycles. The predicted molar refractivity (Wildman–Crippen MR) is 122 cm³/mol. The maximum absolute atomic E-state index is 12.4. The van der Waals surface area contributed by atoms with Crippen LogP contribution < -0.4 is 16.8 Å². The summed E-state index contributed by atoms with van der Waals surface area (Å²) < 4.78 is 0. The molecule has 3 heterocycles. The number of nitrogens with zero attached hydrogens (tertiary/aromatic N) is 3. The number of nitrogens with two attached hydrogens (primary N) is 2. The van der Waals surface area contributed by atoms with Crippen molar-refractivity contribution in [3.05, 3.63) is 29.1 Å². The van der Waals surface area contributed by atoms with Gasteiger partial charge in [-0.3, -0.25) is 14.5 Å². The number of likely N-dealkylation sites (tertiary alicyclic amines) is 1. The average molecular weight is 443 g/mol. The summed E-state index contributed by atoms with van der Waals surface area (Å²) >= 11 is 2.56. The number of amides is 2. The highest BCUT2D eigenvalue weighted by Crippen LogP contribution is 2.39. The summed E-state index contributed by atoms with van der Waals surface area (Å²) in [7, 11) is 0. The maximum Gasteiger partial charge on any atom is 0.260 e. The van der Waals surface area contributed by atoms with Crippen molar-refractivity contribution in [3.8, 4) is 11.3 Å². The number of thiophene rings is 1. The van der Waals surface area contributed by atoms with Crippen molar-refractivity contribution in [1.82, 2.24) is 14.9 Å². The van der Waals surface area contributed by atoms with E-state index in [1.165, 1.54) is 11.8 Å². The summed E-state index contributed by atoms with van der Waals surface area (Å²) in [5.74, 6) is -0.632. The molecule has 2 amide bonds. The molecule has 0 spiro atoms. The fourth-order valence-corrected chi connectivity index (χ4v) is 4.94. The highest BCUT2D eigenvalue weighted by Gasteiger charge is 2.21. The molecular weight excluding hydrogens is 420 g/mol. The van der Waals surface area contributed by atoms with Crippen LogP contribution in [0.4, 0.5) is 11.4 Å². The predicted octanol–water partition coefficient (Wildman–Crippen LogP) is 2.80. The quantitative estimate of drug-likeness (QED) is 0.396. The number of rotatable bonds is 6. The zero-order chi connectivity index (χ0) is 21.3. The molecule has 0 bridgehead atoms. The SMILES string of the molecule is CSc1nc(-c2cccc(NC(=O)CN3CCCC3)c2)c2c(N)c(C(N)=O)sc2n1. The molecule has 10 heteroatoms. The van der Waals surface area contributed by atoms with Crippen molar-refractivity contribution in [2.75, 3.05) is 36.9 Å². The van der Waals surface area contributed by atoms with Crippen LogP contribution in [0.25, 0.3) is 21.5 Å². The van der Waals surface area contributed by atoms with Gasteiger partial charge in [0.2, 0.25) is 5.91 Å². The van der Waals surface area contributed by atoms with Gasteiger partial charge in [-0.15, -0.1) is 11.3 Å². The lowest BCUT2D eigenvalue weighted by Gasteiger charge is -2.14. The van der Waals surface area contributed by atoms with Crippen molar-refractivity contribution < 1.29 is 9.59 Å². The Morgan fingerprint density at radius 1 is 1.27 bits per heavy atom. The van der Waals surface area contributed by atoms with Gasteiger partial charge in [0.05, 0.1) is 23.3 Å². The van der Waals surface area contributed by atoms with E-state index < -0.39 is 5.91 Å². The Balaban J connectivity index is 1.70. The monoisotopic (exact) mass is 442 g/mol. The number of carbonyl (C=O) groups is 2. The highest BCUT2D eigenvalue weighted by molar-refractivity contribution is 7.98. The van der Waals surface area contributed by atoms with Crippen molar-refractivity contribution >= 4 is 56.5 Å². The van der Waals surface area contributed by atoms with Crippen LogP contribution in [0.5, 0.6) is 0 Å². The summed E-state index contributed by atoms with van der Waals surface area (Å²) in [5.41, 5.74) is 14.0. The van der Waals surface area contributed by atoms with E-state index in [0.29, 0.717) is 33.3 Å². The number of aromatic nitrogens is 2. The van der Waals surface area contributed by atoms with E-state index in [2.05, 4.69) is 20.2 Å². The number of hydrogen-bond donors (Lipinski definition) is 3. The Labute approximate surface area is 182 Å². The third-order valence-corrected chi connectivity index (χ3v) is 6.62.